The van der Waals surface area contributed by atoms with Crippen molar-refractivity contribution in [3.63, 3.8) is 0 Å². The summed E-state index contributed by atoms with van der Waals surface area (Å²) >= 11 is 0. The normalized spacial score (nSPS) is 21.1. The smallest absolute Gasteiger partial charge is 0.358 e. The fourth-order valence-corrected chi connectivity index (χ4v) is 1.78. The van der Waals surface area contributed by atoms with Gasteiger partial charge in [0.15, 0.2) is 0 Å². The lowest BCUT2D eigenvalue weighted by atomic mass is 10.1. The molecule has 5 heteroatoms. The molecule has 0 aliphatic carbocycles. The van der Waals surface area contributed by atoms with Gasteiger partial charge in [-0.1, -0.05) is 0 Å². The van der Waals surface area contributed by atoms with Crippen LogP contribution >= 0.6 is 0 Å². The van der Waals surface area contributed by atoms with Gasteiger partial charge < -0.3 is 4.90 Å². The first-order chi connectivity index (χ1) is 6.40. The van der Waals surface area contributed by atoms with Gasteiger partial charge >= 0.3 is 6.18 Å². The van der Waals surface area contributed by atoms with Crippen LogP contribution in [0.2, 0.25) is 0 Å². The number of piperidine rings is 1. The lowest BCUT2D eigenvalue weighted by molar-refractivity contribution is -0.143. The zero-order valence-corrected chi connectivity index (χ0v) is 8.19. The Morgan fingerprint density at radius 3 is 2.57 bits per heavy atom. The van der Waals surface area contributed by atoms with Gasteiger partial charge in [-0.25, -0.2) is 0 Å². The van der Waals surface area contributed by atoms with E-state index < -0.39 is 18.6 Å². The number of alkyl halides is 3. The van der Waals surface area contributed by atoms with Gasteiger partial charge in [-0.3, -0.25) is 5.41 Å². The average Bonchev–Trinajstić information content (AvgIpc) is 2.01. The van der Waals surface area contributed by atoms with E-state index in [9.17, 15) is 13.2 Å². The molecule has 14 heavy (non-hydrogen) atoms. The van der Waals surface area contributed by atoms with Crippen LogP contribution in [-0.2, 0) is 0 Å². The molecule has 0 bridgehead atoms. The fourth-order valence-electron chi connectivity index (χ4n) is 1.78. The molecule has 0 aromatic carbocycles. The number of nitrogens with zero attached hydrogens (tertiary/aromatic N) is 1. The van der Waals surface area contributed by atoms with E-state index in [0.29, 0.717) is 18.8 Å². The molecule has 1 unspecified atom stereocenters. The number of nitrogens with one attached hydrogen (secondary N) is 1. The largest absolute Gasteiger partial charge is 0.391 e. The zero-order chi connectivity index (χ0) is 10.8. The highest BCUT2D eigenvalue weighted by atomic mass is 19.4. The minimum atomic E-state index is -4.13. The number of halogens is 3. The van der Waals surface area contributed by atoms with Gasteiger partial charge in [0.1, 0.15) is 0 Å². The molecule has 2 nitrogen and oxygen atoms in total. The Morgan fingerprint density at radius 2 is 2.07 bits per heavy atom. The van der Waals surface area contributed by atoms with E-state index in [0.717, 1.165) is 12.8 Å². The molecule has 0 aromatic rings. The number of likely N-dealkylation sites (tertiary alicyclic amines) is 1. The molecule has 1 aliphatic heterocycles. The highest BCUT2D eigenvalue weighted by molar-refractivity contribution is 5.80. The molecule has 0 amide bonds. The van der Waals surface area contributed by atoms with Crippen LogP contribution < -0.4 is 0 Å². The first-order valence-electron chi connectivity index (χ1n) is 4.81. The van der Waals surface area contributed by atoms with Crippen LogP contribution in [0.25, 0.3) is 0 Å². The Morgan fingerprint density at radius 1 is 1.43 bits per heavy atom. The molecule has 1 rings (SSSR count). The molecule has 1 atom stereocenters. The summed E-state index contributed by atoms with van der Waals surface area (Å²) in [4.78, 5) is 1.57. The second-order valence-electron chi connectivity index (χ2n) is 3.77. The lowest BCUT2D eigenvalue weighted by Gasteiger charge is -2.35. The topological polar surface area (TPSA) is 27.1 Å². The van der Waals surface area contributed by atoms with Crippen molar-refractivity contribution in [3.05, 3.63) is 0 Å². The molecule has 1 heterocycles. The third-order valence-electron chi connectivity index (χ3n) is 2.47. The van der Waals surface area contributed by atoms with Gasteiger partial charge in [0.25, 0.3) is 0 Å². The highest BCUT2D eigenvalue weighted by Crippen LogP contribution is 2.25. The Hall–Kier alpha value is -0.740. The Kier molecular flexibility index (Phi) is 3.39. The highest BCUT2D eigenvalue weighted by Gasteiger charge is 2.33. The summed E-state index contributed by atoms with van der Waals surface area (Å²) in [5, 5.41) is 7.54. The molecule has 0 saturated carbocycles. The fraction of sp³-hybridized carbons (Fsp3) is 0.889. The summed E-state index contributed by atoms with van der Waals surface area (Å²) in [5.74, 6) is 0.355. The molecular weight excluding hydrogens is 193 g/mol. The van der Waals surface area contributed by atoms with Crippen molar-refractivity contribution in [3.8, 4) is 0 Å². The number of rotatable bonds is 2. The predicted octanol–water partition coefficient (Wildman–Crippen LogP) is 2.79. The van der Waals surface area contributed by atoms with Crippen LogP contribution in [0.3, 0.4) is 0 Å². The van der Waals surface area contributed by atoms with Crippen molar-refractivity contribution >= 4 is 5.84 Å². The number of hydrogen-bond acceptors (Lipinski definition) is 1. The summed E-state index contributed by atoms with van der Waals surface area (Å²) in [6.07, 6.45) is -2.52. The SMILES string of the molecule is CC(CC(F)(F)F)N1CCCCC1=N. The molecule has 0 radical (unpaired) electrons. The molecule has 1 saturated heterocycles. The first kappa shape index (κ1) is 11.3. The van der Waals surface area contributed by atoms with Crippen LogP contribution in [0.5, 0.6) is 0 Å². The van der Waals surface area contributed by atoms with Crippen molar-refractivity contribution in [1.29, 1.82) is 5.41 Å². The van der Waals surface area contributed by atoms with E-state index in [1.165, 1.54) is 6.92 Å². The number of amidine groups is 1. The van der Waals surface area contributed by atoms with Crippen molar-refractivity contribution in [2.75, 3.05) is 6.54 Å². The van der Waals surface area contributed by atoms with Gasteiger partial charge in [0, 0.05) is 19.0 Å². The van der Waals surface area contributed by atoms with Crippen LogP contribution in [0.15, 0.2) is 0 Å². The van der Waals surface area contributed by atoms with Crippen LogP contribution in [-0.4, -0.2) is 29.5 Å². The molecule has 0 aromatic heterocycles. The maximum atomic E-state index is 12.1. The van der Waals surface area contributed by atoms with Crippen LogP contribution in [0.4, 0.5) is 13.2 Å². The Bertz CT molecular complexity index is 213. The quantitative estimate of drug-likeness (QED) is 0.742. The van der Waals surface area contributed by atoms with E-state index in [2.05, 4.69) is 0 Å². The molecule has 0 spiro atoms. The average molecular weight is 208 g/mol. The van der Waals surface area contributed by atoms with Gasteiger partial charge in [-0.2, -0.15) is 13.2 Å². The Labute approximate surface area is 81.6 Å². The van der Waals surface area contributed by atoms with Gasteiger partial charge in [0.2, 0.25) is 0 Å². The molecule has 1 N–H and O–H groups in total. The van der Waals surface area contributed by atoms with Crippen molar-refractivity contribution in [1.82, 2.24) is 4.90 Å². The monoisotopic (exact) mass is 208 g/mol. The third kappa shape index (κ3) is 3.20. The van der Waals surface area contributed by atoms with Crippen LogP contribution in [0.1, 0.15) is 32.6 Å². The second kappa shape index (κ2) is 4.19. The molecular formula is C9H15F3N2. The van der Waals surface area contributed by atoms with E-state index in [-0.39, 0.29) is 0 Å². The van der Waals surface area contributed by atoms with Crippen molar-refractivity contribution in [2.45, 2.75) is 44.8 Å². The minimum absolute atomic E-state index is 0.355. The second-order valence-corrected chi connectivity index (χ2v) is 3.77. The number of hydrogen-bond donors (Lipinski definition) is 1. The van der Waals surface area contributed by atoms with E-state index in [1.54, 1.807) is 4.90 Å². The Balaban J connectivity index is 2.50. The molecule has 1 aliphatic rings. The maximum Gasteiger partial charge on any atom is 0.391 e. The standard InChI is InChI=1S/C9H15F3N2/c1-7(6-9(10,11)12)14-5-3-2-4-8(14)13/h7,13H,2-6H2,1H3. The van der Waals surface area contributed by atoms with Gasteiger partial charge in [-0.05, 0) is 19.8 Å². The predicted molar refractivity (Wildman–Crippen MR) is 48.4 cm³/mol. The summed E-state index contributed by atoms with van der Waals surface area (Å²) in [5.41, 5.74) is 0. The van der Waals surface area contributed by atoms with E-state index >= 15 is 0 Å². The lowest BCUT2D eigenvalue weighted by Crippen LogP contribution is -2.43. The summed E-state index contributed by atoms with van der Waals surface area (Å²) in [7, 11) is 0. The first-order valence-corrected chi connectivity index (χ1v) is 4.81. The van der Waals surface area contributed by atoms with Gasteiger partial charge in [-0.15, -0.1) is 0 Å². The van der Waals surface area contributed by atoms with E-state index in [4.69, 9.17) is 5.41 Å². The summed E-state index contributed by atoms with van der Waals surface area (Å²) < 4.78 is 36.3. The molecule has 82 valence electrons. The van der Waals surface area contributed by atoms with Crippen molar-refractivity contribution < 1.29 is 13.2 Å². The van der Waals surface area contributed by atoms with Crippen LogP contribution in [0, 0.1) is 5.41 Å². The van der Waals surface area contributed by atoms with Gasteiger partial charge in [0.05, 0.1) is 12.3 Å². The summed E-state index contributed by atoms with van der Waals surface area (Å²) in [6.45, 7) is 2.13. The third-order valence-corrected chi connectivity index (χ3v) is 2.47. The zero-order valence-electron chi connectivity index (χ0n) is 8.19. The molecule has 1 fully saturated rings. The van der Waals surface area contributed by atoms with Crippen molar-refractivity contribution in [2.24, 2.45) is 0 Å². The summed E-state index contributed by atoms with van der Waals surface area (Å²) in [6, 6.07) is -0.595. The minimum Gasteiger partial charge on any atom is -0.358 e. The van der Waals surface area contributed by atoms with E-state index in [1.807, 2.05) is 0 Å². The maximum absolute atomic E-state index is 12.1.